The number of benzene rings is 1. The fourth-order valence-corrected chi connectivity index (χ4v) is 2.11. The fourth-order valence-electron chi connectivity index (χ4n) is 1.45. The van der Waals surface area contributed by atoms with E-state index in [1.807, 2.05) is 0 Å². The minimum Gasteiger partial charge on any atom is -0.466 e. The Labute approximate surface area is 119 Å². The molecule has 0 heterocycles. The van der Waals surface area contributed by atoms with E-state index >= 15 is 0 Å². The first-order valence-electron chi connectivity index (χ1n) is 5.42. The maximum atomic E-state index is 11.2. The van der Waals surface area contributed by atoms with Crippen LogP contribution in [0.25, 0.3) is 0 Å². The van der Waals surface area contributed by atoms with E-state index in [-0.39, 0.29) is 13.0 Å². The van der Waals surface area contributed by atoms with E-state index in [4.69, 9.17) is 16.3 Å². The number of rotatable bonds is 5. The molecule has 0 spiro atoms. The van der Waals surface area contributed by atoms with Gasteiger partial charge >= 0.3 is 5.97 Å². The summed E-state index contributed by atoms with van der Waals surface area (Å²) >= 11 is 9.07. The Bertz CT molecular complexity index is 425. The fraction of sp³-hybridized carbons (Fsp3) is 0.417. The van der Waals surface area contributed by atoms with Crippen molar-refractivity contribution in [3.63, 3.8) is 0 Å². The predicted molar refractivity (Wildman–Crippen MR) is 71.4 cm³/mol. The van der Waals surface area contributed by atoms with Crippen molar-refractivity contribution in [1.82, 2.24) is 0 Å². The van der Waals surface area contributed by atoms with Crippen LogP contribution in [0.15, 0.2) is 22.7 Å². The summed E-state index contributed by atoms with van der Waals surface area (Å²) in [5, 5.41) is 20.2. The quantitative estimate of drug-likeness (QED) is 0.810. The number of aliphatic hydroxyl groups is 2. The lowest BCUT2D eigenvalue weighted by molar-refractivity contribution is -0.147. The summed E-state index contributed by atoms with van der Waals surface area (Å²) in [4.78, 5) is 11.2. The first-order chi connectivity index (χ1) is 8.45. The summed E-state index contributed by atoms with van der Waals surface area (Å²) in [6.07, 6.45) is -2.71. The number of hydrogen-bond acceptors (Lipinski definition) is 4. The third kappa shape index (κ3) is 4.24. The molecule has 0 fully saturated rings. The highest BCUT2D eigenvalue weighted by Crippen LogP contribution is 2.29. The average molecular weight is 338 g/mol. The highest BCUT2D eigenvalue weighted by atomic mass is 79.9. The zero-order valence-corrected chi connectivity index (χ0v) is 12.1. The highest BCUT2D eigenvalue weighted by Gasteiger charge is 2.24. The van der Waals surface area contributed by atoms with Crippen molar-refractivity contribution in [2.45, 2.75) is 25.6 Å². The Morgan fingerprint density at radius 1 is 1.50 bits per heavy atom. The lowest BCUT2D eigenvalue weighted by Gasteiger charge is -2.18. The summed E-state index contributed by atoms with van der Waals surface area (Å²) in [5.41, 5.74) is 0.430. The zero-order valence-electron chi connectivity index (χ0n) is 9.77. The van der Waals surface area contributed by atoms with Crippen LogP contribution in [0.4, 0.5) is 0 Å². The molecule has 0 aliphatic rings. The predicted octanol–water partition coefficient (Wildman–Crippen LogP) is 2.45. The van der Waals surface area contributed by atoms with E-state index in [1.165, 1.54) is 6.07 Å². The second kappa shape index (κ2) is 7.09. The van der Waals surface area contributed by atoms with Crippen molar-refractivity contribution in [1.29, 1.82) is 0 Å². The largest absolute Gasteiger partial charge is 0.466 e. The molecule has 4 nitrogen and oxygen atoms in total. The molecule has 2 atom stereocenters. The van der Waals surface area contributed by atoms with Gasteiger partial charge in [-0.1, -0.05) is 27.5 Å². The van der Waals surface area contributed by atoms with Crippen LogP contribution in [0.5, 0.6) is 0 Å². The molecule has 1 aromatic rings. The molecule has 0 aliphatic carbocycles. The normalized spacial score (nSPS) is 14.1. The summed E-state index contributed by atoms with van der Waals surface area (Å²) in [5.74, 6) is -0.554. The summed E-state index contributed by atoms with van der Waals surface area (Å²) in [6.45, 7) is 1.91. The van der Waals surface area contributed by atoms with Gasteiger partial charge in [-0.05, 0) is 30.7 Å². The van der Waals surface area contributed by atoms with E-state index in [2.05, 4.69) is 15.9 Å². The number of aliphatic hydroxyl groups excluding tert-OH is 2. The third-order valence-electron chi connectivity index (χ3n) is 2.32. The van der Waals surface area contributed by atoms with Crippen molar-refractivity contribution in [2.24, 2.45) is 0 Å². The Morgan fingerprint density at radius 3 is 2.78 bits per heavy atom. The Morgan fingerprint density at radius 2 is 2.17 bits per heavy atom. The molecular weight excluding hydrogens is 323 g/mol. The minimum atomic E-state index is -1.24. The number of hydrogen-bond donors (Lipinski definition) is 2. The molecule has 0 aliphatic heterocycles. The van der Waals surface area contributed by atoms with E-state index in [0.29, 0.717) is 15.1 Å². The van der Waals surface area contributed by atoms with Gasteiger partial charge in [-0.15, -0.1) is 0 Å². The van der Waals surface area contributed by atoms with E-state index < -0.39 is 18.2 Å². The van der Waals surface area contributed by atoms with Gasteiger partial charge in [0, 0.05) is 9.50 Å². The molecule has 0 amide bonds. The molecule has 0 aromatic heterocycles. The van der Waals surface area contributed by atoms with Gasteiger partial charge in [-0.3, -0.25) is 4.79 Å². The number of halogens is 2. The summed E-state index contributed by atoms with van der Waals surface area (Å²) in [6, 6.07) is 4.85. The molecule has 6 heteroatoms. The molecule has 2 N–H and O–H groups in total. The van der Waals surface area contributed by atoms with Crippen LogP contribution >= 0.6 is 27.5 Å². The van der Waals surface area contributed by atoms with Crippen LogP contribution in [-0.4, -0.2) is 28.9 Å². The van der Waals surface area contributed by atoms with Crippen LogP contribution in [0, 0.1) is 0 Å². The third-order valence-corrected chi connectivity index (χ3v) is 3.28. The summed E-state index contributed by atoms with van der Waals surface area (Å²) < 4.78 is 5.32. The van der Waals surface area contributed by atoms with Crippen LogP contribution in [0.2, 0.25) is 5.02 Å². The van der Waals surface area contributed by atoms with E-state index in [9.17, 15) is 15.0 Å². The Hall–Kier alpha value is -0.620. The highest BCUT2D eigenvalue weighted by molar-refractivity contribution is 9.10. The molecule has 2 unspecified atom stereocenters. The number of ether oxygens (including phenoxy) is 1. The van der Waals surface area contributed by atoms with Crippen molar-refractivity contribution >= 4 is 33.5 Å². The molecule has 1 aromatic carbocycles. The topological polar surface area (TPSA) is 66.8 Å². The van der Waals surface area contributed by atoms with Crippen molar-refractivity contribution < 1.29 is 19.7 Å². The standard InChI is InChI=1S/C12H14BrClO4/c1-2-18-11(16)6-10(15)12(17)8-5-7(14)3-4-9(8)13/h3-5,10,12,15,17H,2,6H2,1H3. The Balaban J connectivity index is 2.76. The zero-order chi connectivity index (χ0) is 13.7. The minimum absolute atomic E-state index is 0.239. The van der Waals surface area contributed by atoms with Gasteiger partial charge in [0.25, 0.3) is 0 Å². The van der Waals surface area contributed by atoms with Gasteiger partial charge in [0.2, 0.25) is 0 Å². The maximum Gasteiger partial charge on any atom is 0.308 e. The van der Waals surface area contributed by atoms with E-state index in [1.54, 1.807) is 19.1 Å². The summed E-state index contributed by atoms with van der Waals surface area (Å²) in [7, 11) is 0. The van der Waals surface area contributed by atoms with Crippen molar-refractivity contribution in [3.8, 4) is 0 Å². The van der Waals surface area contributed by atoms with Gasteiger partial charge in [0.1, 0.15) is 6.10 Å². The van der Waals surface area contributed by atoms with Crippen molar-refractivity contribution in [3.05, 3.63) is 33.3 Å². The van der Waals surface area contributed by atoms with Gasteiger partial charge in [0.15, 0.2) is 0 Å². The second-order valence-electron chi connectivity index (χ2n) is 3.69. The lowest BCUT2D eigenvalue weighted by Crippen LogP contribution is -2.23. The molecule has 0 saturated carbocycles. The molecule has 18 heavy (non-hydrogen) atoms. The van der Waals surface area contributed by atoms with Crippen LogP contribution in [0.3, 0.4) is 0 Å². The van der Waals surface area contributed by atoms with Crippen molar-refractivity contribution in [2.75, 3.05) is 6.61 Å². The van der Waals surface area contributed by atoms with Gasteiger partial charge in [0.05, 0.1) is 19.1 Å². The SMILES string of the molecule is CCOC(=O)CC(O)C(O)c1cc(Cl)ccc1Br. The molecule has 0 radical (unpaired) electrons. The molecule has 0 saturated heterocycles. The molecule has 100 valence electrons. The molecular formula is C12H14BrClO4. The monoisotopic (exact) mass is 336 g/mol. The lowest BCUT2D eigenvalue weighted by atomic mass is 10.0. The smallest absolute Gasteiger partial charge is 0.308 e. The van der Waals surface area contributed by atoms with Gasteiger partial charge in [-0.25, -0.2) is 0 Å². The molecule has 0 bridgehead atoms. The van der Waals surface area contributed by atoms with Crippen LogP contribution in [-0.2, 0) is 9.53 Å². The van der Waals surface area contributed by atoms with Gasteiger partial charge in [-0.2, -0.15) is 0 Å². The first-order valence-corrected chi connectivity index (χ1v) is 6.59. The first kappa shape index (κ1) is 15.4. The van der Waals surface area contributed by atoms with Crippen LogP contribution in [0.1, 0.15) is 25.0 Å². The van der Waals surface area contributed by atoms with Crippen LogP contribution < -0.4 is 0 Å². The van der Waals surface area contributed by atoms with E-state index in [0.717, 1.165) is 0 Å². The number of esters is 1. The number of carbonyl (C=O) groups is 1. The number of carbonyl (C=O) groups excluding carboxylic acids is 1. The van der Waals surface area contributed by atoms with Gasteiger partial charge < -0.3 is 14.9 Å². The maximum absolute atomic E-state index is 11.2. The molecule has 1 rings (SSSR count). The Kier molecular flexibility index (Phi) is 6.08. The second-order valence-corrected chi connectivity index (χ2v) is 4.98. The average Bonchev–Trinajstić information content (AvgIpc) is 2.31.